The van der Waals surface area contributed by atoms with Crippen molar-refractivity contribution in [2.45, 2.75) is 25.9 Å². The van der Waals surface area contributed by atoms with Gasteiger partial charge in [-0.3, -0.25) is 14.4 Å². The predicted octanol–water partition coefficient (Wildman–Crippen LogP) is 1.44. The zero-order valence-electron chi connectivity index (χ0n) is 14.2. The number of hydrogen-bond acceptors (Lipinski definition) is 3. The summed E-state index contributed by atoms with van der Waals surface area (Å²) in [5.41, 5.74) is 2.12. The normalized spacial score (nSPS) is 14.0. The lowest BCUT2D eigenvalue weighted by Crippen LogP contribution is -2.27. The van der Waals surface area contributed by atoms with Crippen LogP contribution in [0, 0.1) is 0 Å². The van der Waals surface area contributed by atoms with E-state index >= 15 is 0 Å². The smallest absolute Gasteiger partial charge is 0.251 e. The summed E-state index contributed by atoms with van der Waals surface area (Å²) in [5, 5.41) is 2.85. The van der Waals surface area contributed by atoms with Crippen LogP contribution >= 0.6 is 0 Å². The van der Waals surface area contributed by atoms with Crippen LogP contribution in [0.25, 0.3) is 0 Å². The number of likely N-dealkylation sites (tertiary alicyclic amines) is 1. The lowest BCUT2D eigenvalue weighted by Gasteiger charge is -2.18. The quantitative estimate of drug-likeness (QED) is 0.896. The first-order valence-corrected chi connectivity index (χ1v) is 8.34. The maximum Gasteiger partial charge on any atom is 0.251 e. The van der Waals surface area contributed by atoms with Crippen molar-refractivity contribution in [2.24, 2.45) is 7.05 Å². The first-order valence-electron chi connectivity index (χ1n) is 8.34. The van der Waals surface area contributed by atoms with Crippen molar-refractivity contribution >= 4 is 11.8 Å². The third kappa shape index (κ3) is 3.96. The topological polar surface area (TPSA) is 71.4 Å². The molecule has 130 valence electrons. The predicted molar refractivity (Wildman–Crippen MR) is 93.9 cm³/mol. The van der Waals surface area contributed by atoms with Gasteiger partial charge in [0.15, 0.2) is 0 Å². The van der Waals surface area contributed by atoms with E-state index in [9.17, 15) is 14.4 Å². The lowest BCUT2D eigenvalue weighted by atomic mass is 10.1. The molecule has 3 rings (SSSR count). The molecule has 1 aromatic heterocycles. The summed E-state index contributed by atoms with van der Waals surface area (Å²) in [6.07, 6.45) is 3.09. The van der Waals surface area contributed by atoms with E-state index in [0.29, 0.717) is 25.1 Å². The number of carbonyl (C=O) groups excluding carboxylic acids is 2. The highest BCUT2D eigenvalue weighted by Gasteiger charge is 2.21. The Labute approximate surface area is 146 Å². The van der Waals surface area contributed by atoms with Gasteiger partial charge in [0.1, 0.15) is 0 Å². The number of aromatic nitrogens is 1. The Bertz CT molecular complexity index is 857. The van der Waals surface area contributed by atoms with Crippen LogP contribution in [0.15, 0.2) is 47.4 Å². The Balaban J connectivity index is 1.68. The average Bonchev–Trinajstić information content (AvgIpc) is 3.01. The standard InChI is InChI=1S/C19H21N3O3/c1-21-10-8-14(11-18(21)24)19(25)20-12-15-5-2-3-6-16(15)13-22-9-4-7-17(22)23/h2-3,5-6,8,10-11H,4,7,9,12-13H2,1H3,(H,20,25). The third-order valence-corrected chi connectivity index (χ3v) is 4.46. The minimum atomic E-state index is -0.287. The molecule has 0 bridgehead atoms. The van der Waals surface area contributed by atoms with Crippen molar-refractivity contribution in [3.8, 4) is 0 Å². The number of benzene rings is 1. The number of carbonyl (C=O) groups is 2. The molecule has 2 heterocycles. The van der Waals surface area contributed by atoms with E-state index in [-0.39, 0.29) is 17.4 Å². The van der Waals surface area contributed by atoms with Crippen LogP contribution in [0.2, 0.25) is 0 Å². The minimum absolute atomic E-state index is 0.180. The summed E-state index contributed by atoms with van der Waals surface area (Å²) < 4.78 is 1.42. The van der Waals surface area contributed by atoms with Crippen LogP contribution in [0.3, 0.4) is 0 Å². The van der Waals surface area contributed by atoms with Gasteiger partial charge in [-0.2, -0.15) is 0 Å². The van der Waals surface area contributed by atoms with Crippen molar-refractivity contribution < 1.29 is 9.59 Å². The van der Waals surface area contributed by atoms with Crippen LogP contribution in [-0.4, -0.2) is 27.8 Å². The number of hydrogen-bond donors (Lipinski definition) is 1. The molecule has 0 aliphatic carbocycles. The number of rotatable bonds is 5. The first-order chi connectivity index (χ1) is 12.0. The molecule has 0 saturated carbocycles. The van der Waals surface area contributed by atoms with E-state index in [1.165, 1.54) is 10.6 Å². The maximum absolute atomic E-state index is 12.3. The largest absolute Gasteiger partial charge is 0.348 e. The highest BCUT2D eigenvalue weighted by Crippen LogP contribution is 2.17. The van der Waals surface area contributed by atoms with Gasteiger partial charge >= 0.3 is 0 Å². The summed E-state index contributed by atoms with van der Waals surface area (Å²) >= 11 is 0. The monoisotopic (exact) mass is 339 g/mol. The van der Waals surface area contributed by atoms with Gasteiger partial charge in [-0.05, 0) is 23.6 Å². The van der Waals surface area contributed by atoms with Crippen LogP contribution in [0.4, 0.5) is 0 Å². The van der Waals surface area contributed by atoms with Crippen LogP contribution < -0.4 is 10.9 Å². The second kappa shape index (κ2) is 7.34. The Morgan fingerprint density at radius 2 is 1.92 bits per heavy atom. The van der Waals surface area contributed by atoms with E-state index in [4.69, 9.17) is 0 Å². The van der Waals surface area contributed by atoms with E-state index < -0.39 is 0 Å². The SMILES string of the molecule is Cn1ccc(C(=O)NCc2ccccc2CN2CCCC2=O)cc1=O. The average molecular weight is 339 g/mol. The van der Waals surface area contributed by atoms with Gasteiger partial charge in [-0.25, -0.2) is 0 Å². The second-order valence-corrected chi connectivity index (χ2v) is 6.23. The molecule has 1 aliphatic rings. The summed E-state index contributed by atoms with van der Waals surface area (Å²) in [6, 6.07) is 10.7. The number of aryl methyl sites for hydroxylation is 1. The van der Waals surface area contributed by atoms with E-state index in [1.807, 2.05) is 29.2 Å². The fourth-order valence-electron chi connectivity index (χ4n) is 2.93. The summed E-state index contributed by atoms with van der Waals surface area (Å²) in [7, 11) is 1.64. The van der Waals surface area contributed by atoms with Crippen molar-refractivity contribution in [1.29, 1.82) is 0 Å². The van der Waals surface area contributed by atoms with Crippen molar-refractivity contribution in [2.75, 3.05) is 6.54 Å². The van der Waals surface area contributed by atoms with E-state index in [0.717, 1.165) is 24.1 Å². The Kier molecular flexibility index (Phi) is 4.97. The van der Waals surface area contributed by atoms with Gasteiger partial charge in [0.2, 0.25) is 5.91 Å². The maximum atomic E-state index is 12.3. The molecule has 6 heteroatoms. The molecule has 0 unspecified atom stereocenters. The summed E-state index contributed by atoms with van der Waals surface area (Å²) in [4.78, 5) is 37.6. The molecule has 2 aromatic rings. The Hall–Kier alpha value is -2.89. The van der Waals surface area contributed by atoms with Gasteiger partial charge in [-0.1, -0.05) is 24.3 Å². The van der Waals surface area contributed by atoms with Crippen molar-refractivity contribution in [3.63, 3.8) is 0 Å². The van der Waals surface area contributed by atoms with Crippen LogP contribution in [-0.2, 0) is 24.9 Å². The molecule has 1 aromatic carbocycles. The molecule has 0 spiro atoms. The van der Waals surface area contributed by atoms with Crippen LogP contribution in [0.1, 0.15) is 34.3 Å². The molecule has 6 nitrogen and oxygen atoms in total. The zero-order valence-corrected chi connectivity index (χ0v) is 14.2. The number of amides is 2. The lowest BCUT2D eigenvalue weighted by molar-refractivity contribution is -0.128. The number of pyridine rings is 1. The fourth-order valence-corrected chi connectivity index (χ4v) is 2.93. The molecule has 25 heavy (non-hydrogen) atoms. The fraction of sp³-hybridized carbons (Fsp3) is 0.316. The summed E-state index contributed by atoms with van der Waals surface area (Å²) in [5.74, 6) is -0.108. The van der Waals surface area contributed by atoms with Gasteiger partial charge in [0, 0.05) is 50.9 Å². The van der Waals surface area contributed by atoms with E-state index in [2.05, 4.69) is 5.32 Å². The number of nitrogens with one attached hydrogen (secondary N) is 1. The molecule has 0 atom stereocenters. The van der Waals surface area contributed by atoms with Crippen molar-refractivity contribution in [3.05, 3.63) is 69.6 Å². The third-order valence-electron chi connectivity index (χ3n) is 4.46. The first kappa shape index (κ1) is 17.0. The minimum Gasteiger partial charge on any atom is -0.348 e. The summed E-state index contributed by atoms with van der Waals surface area (Å²) in [6.45, 7) is 1.70. The Morgan fingerprint density at radius 1 is 1.16 bits per heavy atom. The zero-order chi connectivity index (χ0) is 17.8. The molecule has 1 saturated heterocycles. The van der Waals surface area contributed by atoms with Crippen LogP contribution in [0.5, 0.6) is 0 Å². The van der Waals surface area contributed by atoms with Gasteiger partial charge in [0.05, 0.1) is 0 Å². The van der Waals surface area contributed by atoms with Gasteiger partial charge in [0.25, 0.3) is 11.5 Å². The van der Waals surface area contributed by atoms with Gasteiger partial charge < -0.3 is 14.8 Å². The highest BCUT2D eigenvalue weighted by atomic mass is 16.2. The molecule has 0 radical (unpaired) electrons. The second-order valence-electron chi connectivity index (χ2n) is 6.23. The molecular formula is C19H21N3O3. The molecular weight excluding hydrogens is 318 g/mol. The van der Waals surface area contributed by atoms with Gasteiger partial charge in [-0.15, -0.1) is 0 Å². The molecule has 1 fully saturated rings. The molecule has 1 aliphatic heterocycles. The highest BCUT2D eigenvalue weighted by molar-refractivity contribution is 5.93. The number of nitrogens with zero attached hydrogens (tertiary/aromatic N) is 2. The molecule has 2 amide bonds. The van der Waals surface area contributed by atoms with E-state index in [1.54, 1.807) is 19.3 Å². The molecule has 1 N–H and O–H groups in total. The Morgan fingerprint density at radius 3 is 2.60 bits per heavy atom. The van der Waals surface area contributed by atoms with Crippen molar-refractivity contribution in [1.82, 2.24) is 14.8 Å².